The molecular formula is C36H47N3O3S. The lowest BCUT2D eigenvalue weighted by Crippen LogP contribution is -2.46. The van der Waals surface area contributed by atoms with Gasteiger partial charge < -0.3 is 14.4 Å². The summed E-state index contributed by atoms with van der Waals surface area (Å²) in [6, 6.07) is 18.6. The van der Waals surface area contributed by atoms with Crippen LogP contribution in [-0.4, -0.2) is 55.2 Å². The van der Waals surface area contributed by atoms with Gasteiger partial charge in [0.05, 0.1) is 12.1 Å². The highest BCUT2D eigenvalue weighted by Crippen LogP contribution is 2.31. The zero-order chi connectivity index (χ0) is 29.7. The molecule has 0 spiro atoms. The van der Waals surface area contributed by atoms with Crippen LogP contribution in [0.15, 0.2) is 60.0 Å². The van der Waals surface area contributed by atoms with Crippen LogP contribution in [0.1, 0.15) is 77.6 Å². The van der Waals surface area contributed by atoms with Gasteiger partial charge in [-0.3, -0.25) is 9.69 Å². The van der Waals surface area contributed by atoms with Gasteiger partial charge >= 0.3 is 5.97 Å². The number of carbonyl (C=O) groups excluding carboxylic acids is 1. The number of pyridine rings is 1. The highest BCUT2D eigenvalue weighted by molar-refractivity contribution is 7.17. The van der Waals surface area contributed by atoms with Crippen LogP contribution in [0, 0.1) is 0 Å². The zero-order valence-corrected chi connectivity index (χ0v) is 26.6. The first-order valence-electron chi connectivity index (χ1n) is 16.4. The first kappa shape index (κ1) is 31.3. The third-order valence-electron chi connectivity index (χ3n) is 8.41. The van der Waals surface area contributed by atoms with Crippen LogP contribution in [0.3, 0.4) is 0 Å². The Balaban J connectivity index is 0.979. The van der Waals surface area contributed by atoms with E-state index in [0.717, 1.165) is 75.1 Å². The lowest BCUT2D eigenvalue weighted by Gasteiger charge is -2.36. The van der Waals surface area contributed by atoms with Gasteiger partial charge in [0.25, 0.3) is 0 Å². The van der Waals surface area contributed by atoms with Crippen LogP contribution in [0.5, 0.6) is 11.6 Å². The van der Waals surface area contributed by atoms with Gasteiger partial charge in [0, 0.05) is 65.9 Å². The minimum absolute atomic E-state index is 0.202. The zero-order valence-electron chi connectivity index (χ0n) is 25.8. The topological polar surface area (TPSA) is 54.9 Å². The molecule has 2 aromatic heterocycles. The van der Waals surface area contributed by atoms with Gasteiger partial charge in [-0.2, -0.15) is 0 Å². The highest BCUT2D eigenvalue weighted by Gasteiger charge is 2.18. The Morgan fingerprint density at radius 2 is 1.65 bits per heavy atom. The number of ether oxygens (including phenoxy) is 2. The number of fused-ring (bicyclic) bond motifs is 2. The molecule has 0 N–H and O–H groups in total. The van der Waals surface area contributed by atoms with Crippen LogP contribution >= 0.6 is 11.3 Å². The molecule has 1 saturated heterocycles. The first-order valence-corrected chi connectivity index (χ1v) is 17.3. The van der Waals surface area contributed by atoms with Crippen molar-refractivity contribution in [3.05, 3.63) is 60.0 Å². The molecule has 0 aliphatic carbocycles. The van der Waals surface area contributed by atoms with Gasteiger partial charge in [0.2, 0.25) is 5.88 Å². The molecule has 6 nitrogen and oxygen atoms in total. The van der Waals surface area contributed by atoms with Crippen LogP contribution in [-0.2, 0) is 4.79 Å². The summed E-state index contributed by atoms with van der Waals surface area (Å²) in [6.45, 7) is 8.37. The molecule has 0 amide bonds. The average Bonchev–Trinajstić information content (AvgIpc) is 3.52. The summed E-state index contributed by atoms with van der Waals surface area (Å²) in [5.74, 6) is 0.964. The maximum atomic E-state index is 12.3. The summed E-state index contributed by atoms with van der Waals surface area (Å²) >= 11 is 1.82. The summed E-state index contributed by atoms with van der Waals surface area (Å²) in [5, 5.41) is 4.58. The Labute approximate surface area is 261 Å². The molecule has 0 radical (unpaired) electrons. The molecule has 1 aliphatic rings. The Hall–Kier alpha value is -3.16. The number of anilines is 1. The molecule has 4 aromatic rings. The number of aromatic nitrogens is 1. The van der Waals surface area contributed by atoms with Gasteiger partial charge in [0.1, 0.15) is 5.75 Å². The van der Waals surface area contributed by atoms with Gasteiger partial charge in [-0.25, -0.2) is 4.98 Å². The lowest BCUT2D eigenvalue weighted by molar-refractivity contribution is -0.134. The number of hydrogen-bond donors (Lipinski definition) is 0. The first-order chi connectivity index (χ1) is 21.2. The Morgan fingerprint density at radius 1 is 0.860 bits per heavy atom. The van der Waals surface area contributed by atoms with E-state index in [1.165, 1.54) is 54.3 Å². The number of piperazine rings is 1. The van der Waals surface area contributed by atoms with E-state index in [1.807, 2.05) is 35.6 Å². The fourth-order valence-electron chi connectivity index (χ4n) is 5.89. The van der Waals surface area contributed by atoms with Crippen LogP contribution in [0.4, 0.5) is 5.69 Å². The van der Waals surface area contributed by atoms with Gasteiger partial charge in [-0.15, -0.1) is 11.3 Å². The number of hydrogen-bond acceptors (Lipinski definition) is 7. The second kappa shape index (κ2) is 16.6. The number of nitrogens with zero attached hydrogens (tertiary/aromatic N) is 3. The van der Waals surface area contributed by atoms with Gasteiger partial charge in [0.15, 0.2) is 0 Å². The summed E-state index contributed by atoms with van der Waals surface area (Å²) in [5.41, 5.74) is 2.16. The average molecular weight is 602 g/mol. The third kappa shape index (κ3) is 9.41. The van der Waals surface area contributed by atoms with Gasteiger partial charge in [-0.1, -0.05) is 57.9 Å². The maximum Gasteiger partial charge on any atom is 0.312 e. The van der Waals surface area contributed by atoms with E-state index in [4.69, 9.17) is 9.47 Å². The fraction of sp³-hybridized carbons (Fsp3) is 0.500. The molecule has 5 rings (SSSR count). The second-order valence-electron chi connectivity index (χ2n) is 11.7. The monoisotopic (exact) mass is 601 g/mol. The smallest absolute Gasteiger partial charge is 0.312 e. The SMILES string of the molecule is CCCCCCCCCCC(=O)Oc1ccc2ccc(OCCCCN3CCN(c4cccc5sccc45)CC3)cc2n1. The molecule has 0 saturated carbocycles. The van der Waals surface area contributed by atoms with Crippen molar-refractivity contribution in [1.29, 1.82) is 0 Å². The third-order valence-corrected chi connectivity index (χ3v) is 9.30. The van der Waals surface area contributed by atoms with Crippen LogP contribution in [0.25, 0.3) is 21.0 Å². The van der Waals surface area contributed by atoms with Crippen molar-refractivity contribution >= 4 is 44.0 Å². The van der Waals surface area contributed by atoms with Crippen molar-refractivity contribution in [2.24, 2.45) is 0 Å². The molecule has 230 valence electrons. The molecule has 0 unspecified atom stereocenters. The van der Waals surface area contributed by atoms with E-state index in [1.54, 1.807) is 6.07 Å². The predicted molar refractivity (Wildman–Crippen MR) is 180 cm³/mol. The van der Waals surface area contributed by atoms with Crippen molar-refractivity contribution in [2.45, 2.75) is 77.6 Å². The number of rotatable bonds is 17. The van der Waals surface area contributed by atoms with Crippen molar-refractivity contribution in [2.75, 3.05) is 44.2 Å². The van der Waals surface area contributed by atoms with Crippen molar-refractivity contribution < 1.29 is 14.3 Å². The summed E-state index contributed by atoms with van der Waals surface area (Å²) < 4.78 is 13.0. The number of esters is 1. The van der Waals surface area contributed by atoms with Crippen molar-refractivity contribution in [3.63, 3.8) is 0 Å². The number of benzene rings is 2. The van der Waals surface area contributed by atoms with E-state index < -0.39 is 0 Å². The number of carbonyl (C=O) groups is 1. The number of unbranched alkanes of at least 4 members (excludes halogenated alkanes) is 8. The van der Waals surface area contributed by atoms with Crippen LogP contribution in [0.2, 0.25) is 0 Å². The molecule has 1 fully saturated rings. The number of thiophene rings is 1. The van der Waals surface area contributed by atoms with E-state index in [0.29, 0.717) is 18.9 Å². The minimum Gasteiger partial charge on any atom is -0.494 e. The standard InChI is InChI=1S/C36H47N3O3S/c1-2-3-4-5-6-7-8-9-15-36(40)42-35-19-17-29-16-18-30(28-32(29)37-35)41-26-11-10-21-38-22-24-39(25-23-38)33-13-12-14-34-31(33)20-27-43-34/h12-14,16-20,27-28H,2-11,15,21-26H2,1H3. The van der Waals surface area contributed by atoms with Crippen molar-refractivity contribution in [3.8, 4) is 11.6 Å². The molecule has 7 heteroatoms. The van der Waals surface area contributed by atoms with Gasteiger partial charge in [-0.05, 0) is 67.6 Å². The largest absolute Gasteiger partial charge is 0.494 e. The molecule has 0 atom stereocenters. The molecular weight excluding hydrogens is 554 g/mol. The lowest BCUT2D eigenvalue weighted by atomic mass is 10.1. The summed E-state index contributed by atoms with van der Waals surface area (Å²) in [7, 11) is 0. The molecule has 2 aromatic carbocycles. The molecule has 3 heterocycles. The van der Waals surface area contributed by atoms with E-state index in [2.05, 4.69) is 51.4 Å². The maximum absolute atomic E-state index is 12.3. The minimum atomic E-state index is -0.202. The fourth-order valence-corrected chi connectivity index (χ4v) is 6.70. The van der Waals surface area contributed by atoms with E-state index in [9.17, 15) is 4.79 Å². The van der Waals surface area contributed by atoms with Crippen LogP contribution < -0.4 is 14.4 Å². The van der Waals surface area contributed by atoms with Crippen molar-refractivity contribution in [1.82, 2.24) is 9.88 Å². The predicted octanol–water partition coefficient (Wildman–Crippen LogP) is 8.87. The normalized spacial score (nSPS) is 14.0. The summed E-state index contributed by atoms with van der Waals surface area (Å²) in [6.07, 6.45) is 12.2. The summed E-state index contributed by atoms with van der Waals surface area (Å²) in [4.78, 5) is 22.0. The Morgan fingerprint density at radius 3 is 2.49 bits per heavy atom. The Kier molecular flexibility index (Phi) is 12.1. The molecule has 43 heavy (non-hydrogen) atoms. The highest BCUT2D eigenvalue weighted by atomic mass is 32.1. The Bertz CT molecular complexity index is 1430. The van der Waals surface area contributed by atoms with E-state index >= 15 is 0 Å². The molecule has 0 bridgehead atoms. The molecule has 1 aliphatic heterocycles. The second-order valence-corrected chi connectivity index (χ2v) is 12.6. The van der Waals surface area contributed by atoms with E-state index in [-0.39, 0.29) is 5.97 Å². The quantitative estimate of drug-likeness (QED) is 0.0890.